The van der Waals surface area contributed by atoms with Gasteiger partial charge in [-0.1, -0.05) is 53.0 Å². The number of ether oxygens (including phenoxy) is 1. The molecule has 0 fully saturated rings. The van der Waals surface area contributed by atoms with Crippen molar-refractivity contribution in [2.24, 2.45) is 5.92 Å². The number of halogens is 3. The molecule has 1 aromatic rings. The molecule has 0 saturated carbocycles. The molecule has 1 aromatic carbocycles. The van der Waals surface area contributed by atoms with E-state index in [9.17, 15) is 13.2 Å². The number of methoxy groups -OCH3 is 1. The van der Waals surface area contributed by atoms with Gasteiger partial charge in [0.15, 0.2) is 0 Å². The van der Waals surface area contributed by atoms with Crippen molar-refractivity contribution in [3.63, 3.8) is 0 Å². The smallest absolute Gasteiger partial charge is 0.327 e. The van der Waals surface area contributed by atoms with Crippen molar-refractivity contribution in [1.82, 2.24) is 4.72 Å². The second-order valence-corrected chi connectivity index (χ2v) is 8.42. The van der Waals surface area contributed by atoms with E-state index in [-0.39, 0.29) is 15.8 Å². The van der Waals surface area contributed by atoms with Gasteiger partial charge in [-0.05, 0) is 25.0 Å². The Kier molecular flexibility index (Phi) is 6.93. The molecule has 0 radical (unpaired) electrons. The zero-order valence-corrected chi connectivity index (χ0v) is 17.0. The lowest BCUT2D eigenvalue weighted by Crippen LogP contribution is -2.56. The molecule has 0 amide bonds. The number of esters is 1. The van der Waals surface area contributed by atoms with Gasteiger partial charge in [0, 0.05) is 15.9 Å². The third kappa shape index (κ3) is 4.20. The van der Waals surface area contributed by atoms with Gasteiger partial charge < -0.3 is 4.74 Å². The van der Waals surface area contributed by atoms with Crippen molar-refractivity contribution in [2.45, 2.75) is 36.5 Å². The highest BCUT2D eigenvalue weighted by atomic mass is 79.9. The fourth-order valence-corrected chi connectivity index (χ4v) is 5.16. The van der Waals surface area contributed by atoms with Crippen LogP contribution in [-0.4, -0.2) is 27.0 Å². The first-order valence-corrected chi connectivity index (χ1v) is 10.0. The Morgan fingerprint density at radius 1 is 1.39 bits per heavy atom. The summed E-state index contributed by atoms with van der Waals surface area (Å²) in [5.41, 5.74) is -0.967. The van der Waals surface area contributed by atoms with Crippen molar-refractivity contribution in [3.8, 4) is 0 Å². The number of alkyl halides is 1. The third-order valence-corrected chi connectivity index (χ3v) is 6.75. The van der Waals surface area contributed by atoms with E-state index in [4.69, 9.17) is 27.9 Å². The van der Waals surface area contributed by atoms with Crippen LogP contribution in [0.1, 0.15) is 26.3 Å². The van der Waals surface area contributed by atoms with Crippen LogP contribution in [0.5, 0.6) is 0 Å². The summed E-state index contributed by atoms with van der Waals surface area (Å²) in [4.78, 5) is 11.9. The van der Waals surface area contributed by atoms with Crippen LogP contribution in [0, 0.1) is 5.92 Å². The molecule has 0 unspecified atom stereocenters. The molecule has 0 saturated heterocycles. The number of carbonyl (C=O) groups is 1. The van der Waals surface area contributed by atoms with Gasteiger partial charge >= 0.3 is 5.97 Å². The summed E-state index contributed by atoms with van der Waals surface area (Å²) < 4.78 is 32.6. The zero-order valence-electron chi connectivity index (χ0n) is 13.1. The summed E-state index contributed by atoms with van der Waals surface area (Å²) in [6.45, 7) is 4.90. The number of nitrogens with one attached hydrogen (secondary N) is 1. The molecule has 0 bridgehead atoms. The number of hydrogen-bond acceptors (Lipinski definition) is 4. The van der Waals surface area contributed by atoms with Crippen molar-refractivity contribution < 1.29 is 17.9 Å². The summed E-state index contributed by atoms with van der Waals surface area (Å²) in [5.74, 6) is -1.02. The molecule has 0 aliphatic rings. The van der Waals surface area contributed by atoms with Gasteiger partial charge in [0.1, 0.15) is 10.4 Å². The minimum absolute atomic E-state index is 0.0119. The Bertz CT molecular complexity index is 709. The molecule has 9 heteroatoms. The lowest BCUT2D eigenvalue weighted by molar-refractivity contribution is -0.148. The van der Waals surface area contributed by atoms with E-state index in [1.54, 1.807) is 13.8 Å². The van der Waals surface area contributed by atoms with Crippen molar-refractivity contribution in [3.05, 3.63) is 27.7 Å². The predicted molar refractivity (Wildman–Crippen MR) is 94.7 cm³/mol. The van der Waals surface area contributed by atoms with E-state index in [0.717, 1.165) is 0 Å². The number of carbonyl (C=O) groups excluding carboxylic acids is 1. The maximum Gasteiger partial charge on any atom is 0.327 e. The maximum atomic E-state index is 12.7. The van der Waals surface area contributed by atoms with Crippen LogP contribution >= 0.6 is 39.1 Å². The highest BCUT2D eigenvalue weighted by Crippen LogP contribution is 2.33. The lowest BCUT2D eigenvalue weighted by Gasteiger charge is -2.31. The first-order chi connectivity index (χ1) is 10.5. The Balaban J connectivity index is 3.41. The molecule has 0 aliphatic heterocycles. The molecular formula is C14H18BrCl2NO4S. The predicted octanol–water partition coefficient (Wildman–Crippen LogP) is 3.75. The van der Waals surface area contributed by atoms with Crippen molar-refractivity contribution >= 4 is 55.1 Å². The molecule has 1 rings (SSSR count). The molecule has 0 aliphatic carbocycles. The normalized spacial score (nSPS) is 14.6. The van der Waals surface area contributed by atoms with Crippen LogP contribution in [0.4, 0.5) is 0 Å². The second-order valence-electron chi connectivity index (χ2n) is 5.43. The molecule has 130 valence electrons. The van der Waals surface area contributed by atoms with Crippen LogP contribution in [-0.2, 0) is 24.9 Å². The SMILES string of the molecule is COC(=O)[C@](C)(NS(=O)(=O)c1ccc(Cl)c(CBr)c1Cl)C(C)C. The van der Waals surface area contributed by atoms with Crippen LogP contribution < -0.4 is 4.72 Å². The van der Waals surface area contributed by atoms with Crippen molar-refractivity contribution in [2.75, 3.05) is 7.11 Å². The number of hydrogen-bond donors (Lipinski definition) is 1. The van der Waals surface area contributed by atoms with Crippen molar-refractivity contribution in [1.29, 1.82) is 0 Å². The lowest BCUT2D eigenvalue weighted by atomic mass is 9.90. The summed E-state index contributed by atoms with van der Waals surface area (Å²) in [6, 6.07) is 2.75. The van der Waals surface area contributed by atoms with Gasteiger partial charge in [-0.15, -0.1) is 0 Å². The highest BCUT2D eigenvalue weighted by molar-refractivity contribution is 9.08. The van der Waals surface area contributed by atoms with Crippen LogP contribution in [0.15, 0.2) is 17.0 Å². The second kappa shape index (κ2) is 7.70. The van der Waals surface area contributed by atoms with Gasteiger partial charge in [-0.3, -0.25) is 4.79 Å². The molecule has 0 spiro atoms. The zero-order chi connectivity index (χ0) is 18.0. The average Bonchev–Trinajstić information content (AvgIpc) is 2.45. The number of benzene rings is 1. The molecule has 1 N–H and O–H groups in total. The molecular weight excluding hydrogens is 429 g/mol. The monoisotopic (exact) mass is 445 g/mol. The highest BCUT2D eigenvalue weighted by Gasteiger charge is 2.42. The van der Waals surface area contributed by atoms with E-state index in [0.29, 0.717) is 15.9 Å². The molecule has 23 heavy (non-hydrogen) atoms. The minimum atomic E-state index is -4.06. The van der Waals surface area contributed by atoms with E-state index in [1.165, 1.54) is 26.2 Å². The Morgan fingerprint density at radius 2 is 1.96 bits per heavy atom. The van der Waals surface area contributed by atoms with E-state index < -0.39 is 21.5 Å². The summed E-state index contributed by atoms with van der Waals surface area (Å²) in [6.07, 6.45) is 0. The summed E-state index contributed by atoms with van der Waals surface area (Å²) in [7, 11) is -2.86. The van der Waals surface area contributed by atoms with E-state index in [1.807, 2.05) is 0 Å². The van der Waals surface area contributed by atoms with E-state index in [2.05, 4.69) is 20.7 Å². The standard InChI is InChI=1S/C14H18BrCl2NO4S/c1-8(2)14(3,13(19)22-4)18-23(20,21)11-6-5-10(16)9(7-15)12(11)17/h5-6,8,18H,7H2,1-4H3/t14-/m1/s1. The van der Waals surface area contributed by atoms with Crippen LogP contribution in [0.25, 0.3) is 0 Å². The maximum absolute atomic E-state index is 12.7. The molecule has 1 atom stereocenters. The van der Waals surface area contributed by atoms with Gasteiger partial charge in [0.25, 0.3) is 0 Å². The van der Waals surface area contributed by atoms with Gasteiger partial charge in [0.05, 0.1) is 12.1 Å². The van der Waals surface area contributed by atoms with Crippen LogP contribution in [0.3, 0.4) is 0 Å². The fraction of sp³-hybridized carbons (Fsp3) is 0.500. The van der Waals surface area contributed by atoms with Crippen LogP contribution in [0.2, 0.25) is 10.0 Å². The quantitative estimate of drug-likeness (QED) is 0.533. The van der Waals surface area contributed by atoms with Gasteiger partial charge in [0.2, 0.25) is 10.0 Å². The average molecular weight is 447 g/mol. The first-order valence-electron chi connectivity index (χ1n) is 6.66. The first kappa shape index (κ1) is 20.7. The fourth-order valence-electron chi connectivity index (χ4n) is 1.85. The van der Waals surface area contributed by atoms with Gasteiger partial charge in [-0.25, -0.2) is 8.42 Å². The molecule has 5 nitrogen and oxygen atoms in total. The Hall–Kier alpha value is -0.340. The van der Waals surface area contributed by atoms with Gasteiger partial charge in [-0.2, -0.15) is 4.72 Å². The molecule has 0 heterocycles. The molecule has 0 aromatic heterocycles. The third-order valence-electron chi connectivity index (χ3n) is 3.68. The number of sulfonamides is 1. The topological polar surface area (TPSA) is 72.5 Å². The van der Waals surface area contributed by atoms with E-state index >= 15 is 0 Å². The Labute approximate surface area is 154 Å². The largest absolute Gasteiger partial charge is 0.468 e. The summed E-state index contributed by atoms with van der Waals surface area (Å²) >= 11 is 15.4. The number of rotatable bonds is 6. The minimum Gasteiger partial charge on any atom is -0.468 e. The summed E-state index contributed by atoms with van der Waals surface area (Å²) in [5, 5.41) is 0.662. The Morgan fingerprint density at radius 3 is 2.39 bits per heavy atom.